The maximum Gasteiger partial charge on any atom is 0.263 e. The number of aryl methyl sites for hydroxylation is 2. The number of carbonyl (C=O) groups is 1. The number of hydrogen-bond donors (Lipinski definition) is 1. The summed E-state index contributed by atoms with van der Waals surface area (Å²) in [6.07, 6.45) is 0. The Hall–Kier alpha value is -3.45. The Balaban J connectivity index is 1.71. The first-order valence-electron chi connectivity index (χ1n) is 9.46. The van der Waals surface area contributed by atoms with Crippen LogP contribution >= 0.6 is 11.3 Å². The molecule has 7 heteroatoms. The molecule has 0 fully saturated rings. The molecule has 0 saturated heterocycles. The molecule has 152 valence electrons. The van der Waals surface area contributed by atoms with Crippen LogP contribution in [-0.4, -0.2) is 22.6 Å². The largest absolute Gasteiger partial charge is 0.497 e. The predicted molar refractivity (Wildman–Crippen MR) is 120 cm³/mol. The lowest BCUT2D eigenvalue weighted by Gasteiger charge is -2.12. The minimum absolute atomic E-state index is 0.0974. The van der Waals surface area contributed by atoms with Gasteiger partial charge in [0.25, 0.3) is 5.56 Å². The van der Waals surface area contributed by atoms with Crippen LogP contribution in [0.2, 0.25) is 0 Å². The van der Waals surface area contributed by atoms with Gasteiger partial charge in [0.05, 0.1) is 12.5 Å². The van der Waals surface area contributed by atoms with Crippen molar-refractivity contribution in [2.24, 2.45) is 0 Å². The van der Waals surface area contributed by atoms with Gasteiger partial charge in [-0.1, -0.05) is 30.3 Å². The average Bonchev–Trinajstić information content (AvgIpc) is 3.16. The number of amides is 1. The highest BCUT2D eigenvalue weighted by molar-refractivity contribution is 7.17. The summed E-state index contributed by atoms with van der Waals surface area (Å²) in [7, 11) is 1.61. The van der Waals surface area contributed by atoms with Crippen LogP contribution < -0.4 is 15.6 Å². The number of nitrogens with one attached hydrogen (secondary N) is 1. The Morgan fingerprint density at radius 2 is 1.87 bits per heavy atom. The van der Waals surface area contributed by atoms with E-state index in [2.05, 4.69) is 10.3 Å². The van der Waals surface area contributed by atoms with E-state index in [1.165, 1.54) is 15.9 Å². The standard InChI is InChI=1S/C23H21N3O3S/c1-14-6-4-5-7-19(14)25-20(27)12-26-15(2)24-22-21(23(26)28)18(13-30-22)16-8-10-17(29-3)11-9-16/h4-11,13H,12H2,1-3H3,(H,25,27). The van der Waals surface area contributed by atoms with Gasteiger partial charge in [-0.2, -0.15) is 0 Å². The first-order chi connectivity index (χ1) is 14.5. The number of hydrogen-bond acceptors (Lipinski definition) is 5. The number of aromatic nitrogens is 2. The molecule has 0 atom stereocenters. The van der Waals surface area contributed by atoms with Gasteiger partial charge in [-0.15, -0.1) is 11.3 Å². The molecule has 4 rings (SSSR count). The van der Waals surface area contributed by atoms with E-state index in [4.69, 9.17) is 4.74 Å². The minimum Gasteiger partial charge on any atom is -0.497 e. The molecule has 1 amide bonds. The molecule has 0 saturated carbocycles. The summed E-state index contributed by atoms with van der Waals surface area (Å²) in [5.74, 6) is 0.991. The second kappa shape index (κ2) is 8.12. The fourth-order valence-corrected chi connectivity index (χ4v) is 4.32. The number of thiophene rings is 1. The predicted octanol–water partition coefficient (Wildman–Crippen LogP) is 4.39. The van der Waals surface area contributed by atoms with E-state index in [9.17, 15) is 9.59 Å². The van der Waals surface area contributed by atoms with Crippen molar-refractivity contribution in [3.8, 4) is 16.9 Å². The molecular formula is C23H21N3O3S. The number of nitrogens with zero attached hydrogens (tertiary/aromatic N) is 2. The molecule has 0 spiro atoms. The minimum atomic E-state index is -0.267. The lowest BCUT2D eigenvalue weighted by Crippen LogP contribution is -2.30. The number of rotatable bonds is 5. The molecule has 0 unspecified atom stereocenters. The maximum absolute atomic E-state index is 13.3. The van der Waals surface area contributed by atoms with Crippen molar-refractivity contribution in [1.82, 2.24) is 9.55 Å². The topological polar surface area (TPSA) is 73.2 Å². The molecule has 30 heavy (non-hydrogen) atoms. The summed E-state index contributed by atoms with van der Waals surface area (Å²) in [5.41, 5.74) is 3.19. The molecule has 0 radical (unpaired) electrons. The van der Waals surface area contributed by atoms with Crippen LogP contribution in [0.3, 0.4) is 0 Å². The number of benzene rings is 2. The monoisotopic (exact) mass is 419 g/mol. The molecule has 0 aliphatic carbocycles. The third-order valence-corrected chi connectivity index (χ3v) is 5.88. The number of anilines is 1. The first-order valence-corrected chi connectivity index (χ1v) is 10.3. The molecule has 0 aliphatic heterocycles. The van der Waals surface area contributed by atoms with E-state index in [1.807, 2.05) is 60.8 Å². The lowest BCUT2D eigenvalue weighted by atomic mass is 10.1. The highest BCUT2D eigenvalue weighted by Crippen LogP contribution is 2.32. The molecule has 2 aromatic carbocycles. The highest BCUT2D eigenvalue weighted by atomic mass is 32.1. The first kappa shape index (κ1) is 19.8. The fourth-order valence-electron chi connectivity index (χ4n) is 3.34. The molecule has 6 nitrogen and oxygen atoms in total. The molecule has 0 bridgehead atoms. The zero-order chi connectivity index (χ0) is 21.3. The quantitative estimate of drug-likeness (QED) is 0.521. The van der Waals surface area contributed by atoms with Crippen LogP contribution in [0.25, 0.3) is 21.3 Å². The number of carbonyl (C=O) groups excluding carboxylic acids is 1. The van der Waals surface area contributed by atoms with Gasteiger partial charge >= 0.3 is 0 Å². The SMILES string of the molecule is COc1ccc(-c2csc3nc(C)n(CC(=O)Nc4ccccc4C)c(=O)c23)cc1. The Labute approximate surface area is 177 Å². The second-order valence-electron chi connectivity index (χ2n) is 6.97. The van der Waals surface area contributed by atoms with Crippen molar-refractivity contribution in [1.29, 1.82) is 0 Å². The average molecular weight is 420 g/mol. The van der Waals surface area contributed by atoms with Crippen molar-refractivity contribution >= 4 is 33.1 Å². The number of ether oxygens (including phenoxy) is 1. The van der Waals surface area contributed by atoms with Crippen LogP contribution in [-0.2, 0) is 11.3 Å². The van der Waals surface area contributed by atoms with Crippen molar-refractivity contribution in [3.05, 3.63) is 75.7 Å². The zero-order valence-electron chi connectivity index (χ0n) is 16.9. The summed E-state index contributed by atoms with van der Waals surface area (Å²) in [5, 5.41) is 5.33. The van der Waals surface area contributed by atoms with Gasteiger partial charge in [0.1, 0.15) is 22.9 Å². The Morgan fingerprint density at radius 3 is 2.57 bits per heavy atom. The zero-order valence-corrected chi connectivity index (χ0v) is 17.7. The van der Waals surface area contributed by atoms with Crippen molar-refractivity contribution in [2.45, 2.75) is 20.4 Å². The second-order valence-corrected chi connectivity index (χ2v) is 7.83. The molecular weight excluding hydrogens is 398 g/mol. The van der Waals surface area contributed by atoms with E-state index in [1.54, 1.807) is 14.0 Å². The number of fused-ring (bicyclic) bond motifs is 1. The normalized spacial score (nSPS) is 10.9. The number of methoxy groups -OCH3 is 1. The van der Waals surface area contributed by atoms with Gasteiger partial charge in [-0.05, 0) is 43.2 Å². The van der Waals surface area contributed by atoms with Gasteiger partial charge in [0.2, 0.25) is 5.91 Å². The third kappa shape index (κ3) is 3.71. The van der Waals surface area contributed by atoms with Gasteiger partial charge in [-0.25, -0.2) is 4.98 Å². The van der Waals surface area contributed by atoms with E-state index >= 15 is 0 Å². The smallest absolute Gasteiger partial charge is 0.263 e. The van der Waals surface area contributed by atoms with Crippen LogP contribution in [0.15, 0.2) is 58.7 Å². The van der Waals surface area contributed by atoms with E-state index in [0.717, 1.165) is 28.1 Å². The lowest BCUT2D eigenvalue weighted by molar-refractivity contribution is -0.116. The summed E-state index contributed by atoms with van der Waals surface area (Å²) in [6.45, 7) is 3.57. The van der Waals surface area contributed by atoms with Crippen molar-refractivity contribution in [2.75, 3.05) is 12.4 Å². The maximum atomic E-state index is 13.3. The van der Waals surface area contributed by atoms with Crippen LogP contribution in [0.5, 0.6) is 5.75 Å². The summed E-state index contributed by atoms with van der Waals surface area (Å²) >= 11 is 1.42. The molecule has 2 aromatic heterocycles. The Bertz CT molecular complexity index is 1290. The molecule has 4 aromatic rings. The van der Waals surface area contributed by atoms with Gasteiger partial charge in [0.15, 0.2) is 0 Å². The van der Waals surface area contributed by atoms with Crippen molar-refractivity contribution in [3.63, 3.8) is 0 Å². The molecule has 0 aliphatic rings. The Morgan fingerprint density at radius 1 is 1.13 bits per heavy atom. The van der Waals surface area contributed by atoms with E-state index < -0.39 is 0 Å². The van der Waals surface area contributed by atoms with Crippen LogP contribution in [0.1, 0.15) is 11.4 Å². The number of para-hydroxylation sites is 1. The van der Waals surface area contributed by atoms with Crippen LogP contribution in [0, 0.1) is 13.8 Å². The van der Waals surface area contributed by atoms with Crippen LogP contribution in [0.4, 0.5) is 5.69 Å². The summed E-state index contributed by atoms with van der Waals surface area (Å²) < 4.78 is 6.64. The highest BCUT2D eigenvalue weighted by Gasteiger charge is 2.17. The van der Waals surface area contributed by atoms with Gasteiger partial charge in [-0.3, -0.25) is 14.2 Å². The third-order valence-electron chi connectivity index (χ3n) is 5.01. The van der Waals surface area contributed by atoms with E-state index in [-0.39, 0.29) is 18.0 Å². The fraction of sp³-hybridized carbons (Fsp3) is 0.174. The molecule has 2 heterocycles. The van der Waals surface area contributed by atoms with Gasteiger partial charge in [0, 0.05) is 16.6 Å². The van der Waals surface area contributed by atoms with Gasteiger partial charge < -0.3 is 10.1 Å². The van der Waals surface area contributed by atoms with Crippen molar-refractivity contribution < 1.29 is 9.53 Å². The molecule has 1 N–H and O–H groups in total. The summed E-state index contributed by atoms with van der Waals surface area (Å²) in [6, 6.07) is 15.1. The summed E-state index contributed by atoms with van der Waals surface area (Å²) in [4.78, 5) is 31.2. The Kier molecular flexibility index (Phi) is 5.37. The van der Waals surface area contributed by atoms with E-state index in [0.29, 0.717) is 16.0 Å².